The smallest absolute Gasteiger partial charge is 0.310 e. The van der Waals surface area contributed by atoms with Gasteiger partial charge in [-0.1, -0.05) is 35.3 Å². The van der Waals surface area contributed by atoms with Crippen molar-refractivity contribution >= 4 is 66.6 Å². The van der Waals surface area contributed by atoms with Crippen LogP contribution in [0.1, 0.15) is 105 Å². The fraction of sp³-hybridized carbons (Fsp3) is 0.542. The Kier molecular flexibility index (Phi) is 14.6. The SMILES string of the molecule is CCn1cc(S(=O)(=O)N2C[C@@H](CC3(C#N)CC3)Oc3ccc(CC(=O)OC(C)(C)C)cc32)c(Cl)n1.CCn1cc(S(=O)(=O)N2C[C@H](CC3(C#N)CC3)Oc3ccc(CC(=O)OC(C)(C)C)cc32)c(Cl)n1. The number of hydrogen-bond donors (Lipinski definition) is 0. The molecule has 2 aromatic heterocycles. The zero-order valence-corrected chi connectivity index (χ0v) is 43.6. The van der Waals surface area contributed by atoms with E-state index in [-0.39, 0.29) is 46.0 Å². The lowest BCUT2D eigenvalue weighted by Crippen LogP contribution is -2.44. The largest absolute Gasteiger partial charge is 0.486 e. The van der Waals surface area contributed by atoms with Crippen LogP contribution >= 0.6 is 23.2 Å². The summed E-state index contributed by atoms with van der Waals surface area (Å²) in [5.74, 6) is -0.104. The van der Waals surface area contributed by atoms with E-state index >= 15 is 0 Å². The van der Waals surface area contributed by atoms with Crippen molar-refractivity contribution in [3.05, 3.63) is 70.2 Å². The van der Waals surface area contributed by atoms with Gasteiger partial charge >= 0.3 is 11.9 Å². The van der Waals surface area contributed by atoms with E-state index in [0.29, 0.717) is 59.9 Å². The normalized spacial score (nSPS) is 18.9. The average molecular weight is 1040 g/mol. The number of nitriles is 2. The molecule has 0 saturated heterocycles. The summed E-state index contributed by atoms with van der Waals surface area (Å²) in [5, 5.41) is 27.0. The van der Waals surface area contributed by atoms with Gasteiger partial charge in [-0.2, -0.15) is 20.7 Å². The van der Waals surface area contributed by atoms with Crippen LogP contribution in [0.4, 0.5) is 11.4 Å². The Morgan fingerprint density at radius 2 is 1.04 bits per heavy atom. The minimum atomic E-state index is -4.11. The number of benzene rings is 2. The van der Waals surface area contributed by atoms with Crippen molar-refractivity contribution in [1.29, 1.82) is 10.5 Å². The molecule has 0 amide bonds. The molecule has 0 N–H and O–H groups in total. The van der Waals surface area contributed by atoms with Crippen LogP contribution < -0.4 is 18.1 Å². The number of carbonyl (C=O) groups is 2. The summed E-state index contributed by atoms with van der Waals surface area (Å²) in [6.07, 6.45) is 5.70. The van der Waals surface area contributed by atoms with Gasteiger partial charge in [-0.15, -0.1) is 0 Å². The third-order valence-electron chi connectivity index (χ3n) is 12.0. The molecule has 8 rings (SSSR count). The molecule has 0 unspecified atom stereocenters. The van der Waals surface area contributed by atoms with Crippen molar-refractivity contribution in [2.75, 3.05) is 21.7 Å². The van der Waals surface area contributed by atoms with Gasteiger partial charge in [0.2, 0.25) is 0 Å². The predicted molar refractivity (Wildman–Crippen MR) is 259 cm³/mol. The standard InChI is InChI=1S/2C24H29ClN4O5S/c2*1-5-28-14-20(22(25)27-28)35(31,32)29-13-17(12-24(15-26)8-9-24)33-19-7-6-16(10-18(19)29)11-21(30)34-23(2,3)4/h2*6-7,10,14,17H,5,8-9,11-13H2,1-4H3/t2*17-/m10/s1. The van der Waals surface area contributed by atoms with E-state index in [1.807, 2.05) is 13.8 Å². The van der Waals surface area contributed by atoms with Gasteiger partial charge in [0.15, 0.2) is 10.3 Å². The summed E-state index contributed by atoms with van der Waals surface area (Å²) >= 11 is 12.4. The predicted octanol–water partition coefficient (Wildman–Crippen LogP) is 8.18. The van der Waals surface area contributed by atoms with Gasteiger partial charge < -0.3 is 18.9 Å². The molecule has 0 radical (unpaired) electrons. The summed E-state index contributed by atoms with van der Waals surface area (Å²) in [6.45, 7) is 15.3. The first-order valence-electron chi connectivity index (χ1n) is 23.1. The molecule has 2 saturated carbocycles. The Bertz CT molecular complexity index is 2780. The molecule has 22 heteroatoms. The molecule has 2 aromatic carbocycles. The summed E-state index contributed by atoms with van der Waals surface area (Å²) in [5.41, 5.74) is -0.413. The number of anilines is 2. The van der Waals surface area contributed by atoms with E-state index in [0.717, 1.165) is 25.7 Å². The Morgan fingerprint density at radius 3 is 1.33 bits per heavy atom. The molecule has 0 spiro atoms. The molecule has 70 heavy (non-hydrogen) atoms. The lowest BCUT2D eigenvalue weighted by Gasteiger charge is -2.36. The van der Waals surface area contributed by atoms with E-state index < -0.39 is 66.2 Å². The van der Waals surface area contributed by atoms with Crippen LogP contribution in [-0.4, -0.2) is 84.8 Å². The molecule has 4 heterocycles. The van der Waals surface area contributed by atoms with Crippen molar-refractivity contribution in [3.63, 3.8) is 0 Å². The van der Waals surface area contributed by atoms with Crippen LogP contribution in [0.3, 0.4) is 0 Å². The number of esters is 2. The van der Waals surface area contributed by atoms with Crippen LogP contribution in [0.15, 0.2) is 58.6 Å². The molecule has 376 valence electrons. The number of aryl methyl sites for hydroxylation is 2. The molecule has 2 fully saturated rings. The van der Waals surface area contributed by atoms with Gasteiger partial charge in [-0.3, -0.25) is 27.6 Å². The lowest BCUT2D eigenvalue weighted by atomic mass is 9.99. The number of hydrogen-bond acceptors (Lipinski definition) is 14. The number of halogens is 2. The van der Waals surface area contributed by atoms with Crippen molar-refractivity contribution in [2.45, 2.75) is 153 Å². The topological polar surface area (TPSA) is 229 Å². The van der Waals surface area contributed by atoms with Crippen LogP contribution in [0.2, 0.25) is 10.3 Å². The van der Waals surface area contributed by atoms with Gasteiger partial charge in [-0.05, 0) is 116 Å². The number of nitrogens with zero attached hydrogens (tertiary/aromatic N) is 8. The first-order valence-corrected chi connectivity index (χ1v) is 26.7. The van der Waals surface area contributed by atoms with E-state index in [2.05, 4.69) is 22.3 Å². The quantitative estimate of drug-likeness (QED) is 0.109. The molecule has 18 nitrogen and oxygen atoms in total. The Balaban J connectivity index is 0.000000206. The van der Waals surface area contributed by atoms with Crippen molar-refractivity contribution < 1.29 is 45.4 Å². The maximum atomic E-state index is 13.8. The highest BCUT2D eigenvalue weighted by atomic mass is 35.5. The van der Waals surface area contributed by atoms with Gasteiger partial charge in [0, 0.05) is 38.3 Å². The molecule has 2 aliphatic heterocycles. The minimum absolute atomic E-state index is 0.0162. The Labute approximate surface area is 419 Å². The van der Waals surface area contributed by atoms with E-state index in [4.69, 9.17) is 42.1 Å². The van der Waals surface area contributed by atoms with Gasteiger partial charge in [0.25, 0.3) is 20.0 Å². The summed E-state index contributed by atoms with van der Waals surface area (Å²) in [4.78, 5) is 24.6. The second-order valence-electron chi connectivity index (χ2n) is 20.2. The summed E-state index contributed by atoms with van der Waals surface area (Å²) in [6, 6.07) is 14.7. The van der Waals surface area contributed by atoms with Crippen LogP contribution in [-0.2, 0) is 65.0 Å². The third-order valence-corrected chi connectivity index (χ3v) is 16.4. The number of rotatable bonds is 14. The zero-order chi connectivity index (χ0) is 51.2. The third kappa shape index (κ3) is 12.0. The second kappa shape index (κ2) is 19.6. The summed E-state index contributed by atoms with van der Waals surface area (Å²) in [7, 11) is -8.21. The van der Waals surface area contributed by atoms with Crippen LogP contribution in [0.5, 0.6) is 11.5 Å². The molecule has 4 aliphatic rings. The fourth-order valence-electron chi connectivity index (χ4n) is 8.25. The summed E-state index contributed by atoms with van der Waals surface area (Å²) < 4.78 is 83.7. The Hall–Kier alpha value is -5.54. The van der Waals surface area contributed by atoms with Gasteiger partial charge in [0.05, 0.1) is 60.3 Å². The molecule has 2 aliphatic carbocycles. The monoisotopic (exact) mass is 1040 g/mol. The van der Waals surface area contributed by atoms with Crippen LogP contribution in [0.25, 0.3) is 0 Å². The maximum absolute atomic E-state index is 13.8. The lowest BCUT2D eigenvalue weighted by molar-refractivity contribution is -0.155. The number of carbonyl (C=O) groups excluding carboxylic acids is 2. The molecule has 2 atom stereocenters. The number of fused-ring (bicyclic) bond motifs is 2. The first kappa shape index (κ1) is 52.3. The fourth-order valence-corrected chi connectivity index (χ4v) is 12.2. The highest BCUT2D eigenvalue weighted by Gasteiger charge is 2.49. The minimum Gasteiger partial charge on any atom is -0.486 e. The van der Waals surface area contributed by atoms with E-state index in [1.165, 1.54) is 30.4 Å². The molecule has 4 aromatic rings. The highest BCUT2D eigenvalue weighted by molar-refractivity contribution is 7.93. The molecular formula is C48H58Cl2N8O10S2. The average Bonchev–Trinajstić information content (AvgIpc) is 4.15. The van der Waals surface area contributed by atoms with Crippen molar-refractivity contribution in [3.8, 4) is 23.6 Å². The highest BCUT2D eigenvalue weighted by Crippen LogP contribution is 2.52. The number of aromatic nitrogens is 4. The van der Waals surface area contributed by atoms with Crippen molar-refractivity contribution in [1.82, 2.24) is 19.6 Å². The first-order chi connectivity index (χ1) is 32.7. The van der Waals surface area contributed by atoms with Gasteiger partial charge in [-0.25, -0.2) is 16.8 Å². The van der Waals surface area contributed by atoms with E-state index in [1.54, 1.807) is 77.9 Å². The Morgan fingerprint density at radius 1 is 0.686 bits per heavy atom. The van der Waals surface area contributed by atoms with Crippen molar-refractivity contribution in [2.24, 2.45) is 10.8 Å². The van der Waals surface area contributed by atoms with Crippen LogP contribution in [0, 0.1) is 33.5 Å². The molecular weight excluding hydrogens is 984 g/mol. The maximum Gasteiger partial charge on any atom is 0.310 e. The zero-order valence-electron chi connectivity index (χ0n) is 40.5. The molecule has 0 bridgehead atoms. The number of ether oxygens (including phenoxy) is 4. The van der Waals surface area contributed by atoms with E-state index in [9.17, 15) is 36.9 Å². The number of sulfonamides is 2. The second-order valence-corrected chi connectivity index (χ2v) is 24.5. The van der Waals surface area contributed by atoms with Gasteiger partial charge in [0.1, 0.15) is 44.7 Å².